The molecular formula is C12H23ClN4O. The van der Waals surface area contributed by atoms with Gasteiger partial charge in [0, 0.05) is 19.0 Å². The highest BCUT2D eigenvalue weighted by Gasteiger charge is 2.28. The zero-order chi connectivity index (χ0) is 12.3. The van der Waals surface area contributed by atoms with Gasteiger partial charge in [-0.15, -0.1) is 12.4 Å². The van der Waals surface area contributed by atoms with E-state index < -0.39 is 0 Å². The highest BCUT2D eigenvalue weighted by atomic mass is 35.5. The summed E-state index contributed by atoms with van der Waals surface area (Å²) in [6, 6.07) is 0.451. The van der Waals surface area contributed by atoms with Crippen LogP contribution >= 0.6 is 12.4 Å². The minimum atomic E-state index is 0. The van der Waals surface area contributed by atoms with E-state index in [9.17, 15) is 0 Å². The molecule has 0 aliphatic carbocycles. The quantitative estimate of drug-likeness (QED) is 0.903. The van der Waals surface area contributed by atoms with Crippen molar-refractivity contribution in [3.8, 4) is 0 Å². The number of nitrogens with zero attached hydrogens (tertiary/aromatic N) is 3. The molecular weight excluding hydrogens is 252 g/mol. The van der Waals surface area contributed by atoms with Crippen LogP contribution in [-0.4, -0.2) is 34.2 Å². The summed E-state index contributed by atoms with van der Waals surface area (Å²) in [5.74, 6) is 2.16. The SMILES string of the molecule is CCc1nc(CN2CCCC(C)C2CN)no1.Cl. The average Bonchev–Trinajstić information content (AvgIpc) is 2.77. The summed E-state index contributed by atoms with van der Waals surface area (Å²) in [4.78, 5) is 6.74. The first-order valence-electron chi connectivity index (χ1n) is 6.50. The smallest absolute Gasteiger partial charge is 0.226 e. The van der Waals surface area contributed by atoms with E-state index in [1.807, 2.05) is 6.92 Å². The molecule has 104 valence electrons. The zero-order valence-electron chi connectivity index (χ0n) is 11.1. The Morgan fingerprint density at radius 2 is 2.28 bits per heavy atom. The number of likely N-dealkylation sites (tertiary alicyclic amines) is 1. The Bertz CT molecular complexity index is 358. The molecule has 2 rings (SSSR count). The van der Waals surface area contributed by atoms with Gasteiger partial charge in [0.05, 0.1) is 6.54 Å². The van der Waals surface area contributed by atoms with Crippen LogP contribution in [0.3, 0.4) is 0 Å². The molecule has 0 amide bonds. The van der Waals surface area contributed by atoms with E-state index in [0.29, 0.717) is 24.4 Å². The molecule has 1 aliphatic heterocycles. The Morgan fingerprint density at radius 3 is 2.89 bits per heavy atom. The summed E-state index contributed by atoms with van der Waals surface area (Å²) in [7, 11) is 0. The molecule has 2 heterocycles. The fourth-order valence-electron chi connectivity index (χ4n) is 2.59. The molecule has 0 aromatic carbocycles. The number of aryl methyl sites for hydroxylation is 1. The summed E-state index contributed by atoms with van der Waals surface area (Å²) in [5.41, 5.74) is 5.86. The molecule has 0 spiro atoms. The Balaban J connectivity index is 0.00000162. The predicted octanol–water partition coefficient (Wildman–Crippen LogP) is 1.61. The van der Waals surface area contributed by atoms with Crippen LogP contribution in [0, 0.1) is 5.92 Å². The topological polar surface area (TPSA) is 68.2 Å². The largest absolute Gasteiger partial charge is 0.339 e. The number of aromatic nitrogens is 2. The van der Waals surface area contributed by atoms with Crippen molar-refractivity contribution in [2.75, 3.05) is 13.1 Å². The van der Waals surface area contributed by atoms with Crippen molar-refractivity contribution < 1.29 is 4.52 Å². The molecule has 2 unspecified atom stereocenters. The van der Waals surface area contributed by atoms with Gasteiger partial charge in [-0.25, -0.2) is 0 Å². The Labute approximate surface area is 115 Å². The normalized spacial score (nSPS) is 24.8. The standard InChI is InChI=1S/C12H22N4O.ClH/c1-3-12-14-11(15-17-12)8-16-6-4-5-9(2)10(16)7-13;/h9-10H,3-8,13H2,1-2H3;1H. The maximum absolute atomic E-state index is 5.86. The monoisotopic (exact) mass is 274 g/mol. The summed E-state index contributed by atoms with van der Waals surface area (Å²) >= 11 is 0. The molecule has 1 fully saturated rings. The number of piperidine rings is 1. The van der Waals surface area contributed by atoms with Gasteiger partial charge in [0.1, 0.15) is 0 Å². The van der Waals surface area contributed by atoms with Crippen LogP contribution in [0.5, 0.6) is 0 Å². The molecule has 18 heavy (non-hydrogen) atoms. The Hall–Kier alpha value is -0.650. The molecule has 2 atom stereocenters. The van der Waals surface area contributed by atoms with Gasteiger partial charge in [-0.1, -0.05) is 19.0 Å². The number of hydrogen-bond donors (Lipinski definition) is 1. The average molecular weight is 275 g/mol. The van der Waals surface area contributed by atoms with Gasteiger partial charge < -0.3 is 10.3 Å². The molecule has 1 aromatic rings. The molecule has 1 aliphatic rings. The first-order chi connectivity index (χ1) is 8.24. The van der Waals surface area contributed by atoms with Gasteiger partial charge >= 0.3 is 0 Å². The van der Waals surface area contributed by atoms with Crippen molar-refractivity contribution in [1.29, 1.82) is 0 Å². The van der Waals surface area contributed by atoms with Crippen LogP contribution in [0.1, 0.15) is 38.4 Å². The summed E-state index contributed by atoms with van der Waals surface area (Å²) in [6.07, 6.45) is 3.30. The van der Waals surface area contributed by atoms with E-state index >= 15 is 0 Å². The lowest BCUT2D eigenvalue weighted by Crippen LogP contribution is -2.48. The molecule has 6 heteroatoms. The highest BCUT2D eigenvalue weighted by Crippen LogP contribution is 2.23. The fraction of sp³-hybridized carbons (Fsp3) is 0.833. The van der Waals surface area contributed by atoms with E-state index in [4.69, 9.17) is 10.3 Å². The molecule has 2 N–H and O–H groups in total. The highest BCUT2D eigenvalue weighted by molar-refractivity contribution is 5.85. The van der Waals surface area contributed by atoms with Crippen LogP contribution in [0.15, 0.2) is 4.52 Å². The number of nitrogens with two attached hydrogens (primary N) is 1. The van der Waals surface area contributed by atoms with Crippen molar-refractivity contribution in [3.63, 3.8) is 0 Å². The van der Waals surface area contributed by atoms with Crippen molar-refractivity contribution in [1.82, 2.24) is 15.0 Å². The van der Waals surface area contributed by atoms with Crippen molar-refractivity contribution >= 4 is 12.4 Å². The molecule has 0 radical (unpaired) electrons. The van der Waals surface area contributed by atoms with Gasteiger partial charge in [-0.05, 0) is 25.3 Å². The lowest BCUT2D eigenvalue weighted by atomic mass is 9.91. The second-order valence-electron chi connectivity index (χ2n) is 4.85. The Kier molecular flexibility index (Phi) is 6.05. The fourth-order valence-corrected chi connectivity index (χ4v) is 2.59. The third-order valence-corrected chi connectivity index (χ3v) is 3.63. The number of halogens is 1. The van der Waals surface area contributed by atoms with Crippen LogP contribution in [0.4, 0.5) is 0 Å². The second kappa shape index (κ2) is 7.07. The second-order valence-corrected chi connectivity index (χ2v) is 4.85. The van der Waals surface area contributed by atoms with Crippen molar-refractivity contribution in [3.05, 3.63) is 11.7 Å². The van der Waals surface area contributed by atoms with E-state index in [1.165, 1.54) is 12.8 Å². The van der Waals surface area contributed by atoms with Gasteiger partial charge in [0.2, 0.25) is 5.89 Å². The van der Waals surface area contributed by atoms with E-state index in [0.717, 1.165) is 25.3 Å². The van der Waals surface area contributed by atoms with Crippen LogP contribution in [0.2, 0.25) is 0 Å². The lowest BCUT2D eigenvalue weighted by molar-refractivity contribution is 0.0955. The minimum Gasteiger partial charge on any atom is -0.339 e. The predicted molar refractivity (Wildman–Crippen MR) is 72.6 cm³/mol. The first kappa shape index (κ1) is 15.4. The van der Waals surface area contributed by atoms with Crippen LogP contribution in [0.25, 0.3) is 0 Å². The molecule has 0 bridgehead atoms. The summed E-state index contributed by atoms with van der Waals surface area (Å²) in [5, 5.41) is 4.01. The summed E-state index contributed by atoms with van der Waals surface area (Å²) in [6.45, 7) is 6.85. The van der Waals surface area contributed by atoms with E-state index in [1.54, 1.807) is 0 Å². The van der Waals surface area contributed by atoms with Gasteiger partial charge in [0.25, 0.3) is 0 Å². The lowest BCUT2D eigenvalue weighted by Gasteiger charge is -2.38. The third kappa shape index (κ3) is 3.43. The maximum atomic E-state index is 5.86. The molecule has 1 saturated heterocycles. The van der Waals surface area contributed by atoms with E-state index in [2.05, 4.69) is 22.0 Å². The zero-order valence-corrected chi connectivity index (χ0v) is 11.9. The maximum Gasteiger partial charge on any atom is 0.226 e. The minimum absolute atomic E-state index is 0. The van der Waals surface area contributed by atoms with Crippen LogP contribution in [-0.2, 0) is 13.0 Å². The molecule has 5 nitrogen and oxygen atoms in total. The Morgan fingerprint density at radius 1 is 1.50 bits per heavy atom. The van der Waals surface area contributed by atoms with Crippen molar-refractivity contribution in [2.45, 2.75) is 45.7 Å². The molecule has 0 saturated carbocycles. The van der Waals surface area contributed by atoms with Crippen LogP contribution < -0.4 is 5.73 Å². The van der Waals surface area contributed by atoms with Crippen molar-refractivity contribution in [2.24, 2.45) is 11.7 Å². The number of rotatable bonds is 4. The first-order valence-corrected chi connectivity index (χ1v) is 6.50. The number of hydrogen-bond acceptors (Lipinski definition) is 5. The summed E-state index contributed by atoms with van der Waals surface area (Å²) < 4.78 is 5.13. The third-order valence-electron chi connectivity index (χ3n) is 3.63. The van der Waals surface area contributed by atoms with E-state index in [-0.39, 0.29) is 12.4 Å². The van der Waals surface area contributed by atoms with Gasteiger partial charge in [-0.3, -0.25) is 4.90 Å². The molecule has 1 aromatic heterocycles. The van der Waals surface area contributed by atoms with Gasteiger partial charge in [-0.2, -0.15) is 4.98 Å². The van der Waals surface area contributed by atoms with Gasteiger partial charge in [0.15, 0.2) is 5.82 Å².